The third-order valence-corrected chi connectivity index (χ3v) is 5.17. The van der Waals surface area contributed by atoms with Crippen LogP contribution in [-0.4, -0.2) is 23.5 Å². The third kappa shape index (κ3) is 3.42. The van der Waals surface area contributed by atoms with Crippen molar-refractivity contribution in [3.05, 3.63) is 47.0 Å². The van der Waals surface area contributed by atoms with Gasteiger partial charge in [0, 0.05) is 11.6 Å². The van der Waals surface area contributed by atoms with Crippen LogP contribution in [0.5, 0.6) is 0 Å². The van der Waals surface area contributed by atoms with Crippen molar-refractivity contribution in [2.24, 2.45) is 23.7 Å². The molecule has 3 aliphatic rings. The molecule has 3 aliphatic carbocycles. The molecule has 5 heteroatoms. The summed E-state index contributed by atoms with van der Waals surface area (Å²) in [5, 5.41) is 13.1. The molecule has 23 heavy (non-hydrogen) atoms. The number of carboxylic acid groups (broad SMARTS) is 1. The summed E-state index contributed by atoms with van der Waals surface area (Å²) < 4.78 is 0. The number of hydrogen-bond acceptors (Lipinski definition) is 2. The van der Waals surface area contributed by atoms with Gasteiger partial charge in [-0.25, -0.2) is 0 Å². The molecular weight excluding hydrogens is 314 g/mol. The zero-order chi connectivity index (χ0) is 16.4. The fraction of sp³-hybridized carbons (Fsp3) is 0.444. The van der Waals surface area contributed by atoms with E-state index in [1.54, 1.807) is 0 Å². The minimum absolute atomic E-state index is 0.0128. The molecule has 4 atom stereocenters. The van der Waals surface area contributed by atoms with Crippen molar-refractivity contribution in [1.82, 2.24) is 5.32 Å². The fourth-order valence-electron chi connectivity index (χ4n) is 3.83. The molecule has 2 bridgehead atoms. The number of fused-ring (bicyclic) bond motifs is 2. The van der Waals surface area contributed by atoms with Gasteiger partial charge in [0.15, 0.2) is 0 Å². The van der Waals surface area contributed by atoms with E-state index in [0.29, 0.717) is 18.0 Å². The first-order valence-electron chi connectivity index (χ1n) is 7.99. The van der Waals surface area contributed by atoms with Gasteiger partial charge in [0.1, 0.15) is 0 Å². The number of carbonyl (C=O) groups is 2. The fourth-order valence-corrected chi connectivity index (χ4v) is 4.04. The molecule has 4 rings (SSSR count). The maximum Gasteiger partial charge on any atom is 0.307 e. The largest absolute Gasteiger partial charge is 0.481 e. The van der Waals surface area contributed by atoms with Crippen LogP contribution in [0.2, 0.25) is 5.02 Å². The van der Waals surface area contributed by atoms with Gasteiger partial charge in [-0.15, -0.1) is 0 Å². The summed E-state index contributed by atoms with van der Waals surface area (Å²) >= 11 is 5.94. The average Bonchev–Trinajstić information content (AvgIpc) is 2.55. The Bertz CT molecular complexity index is 643. The van der Waals surface area contributed by atoms with Gasteiger partial charge in [-0.05, 0) is 48.8 Å². The van der Waals surface area contributed by atoms with Gasteiger partial charge >= 0.3 is 5.97 Å². The predicted molar refractivity (Wildman–Crippen MR) is 88.1 cm³/mol. The smallest absolute Gasteiger partial charge is 0.307 e. The first-order chi connectivity index (χ1) is 11.1. The Balaban J connectivity index is 1.61. The number of rotatable bonds is 5. The van der Waals surface area contributed by atoms with Crippen LogP contribution in [0.15, 0.2) is 36.4 Å². The number of hydrogen-bond donors (Lipinski definition) is 2. The van der Waals surface area contributed by atoms with E-state index in [1.807, 2.05) is 36.4 Å². The van der Waals surface area contributed by atoms with E-state index in [-0.39, 0.29) is 17.7 Å². The Kier molecular flexibility index (Phi) is 4.71. The summed E-state index contributed by atoms with van der Waals surface area (Å²) in [4.78, 5) is 24.1. The molecule has 0 unspecified atom stereocenters. The summed E-state index contributed by atoms with van der Waals surface area (Å²) in [5.74, 6) is -2.01. The average molecular weight is 334 g/mol. The molecule has 122 valence electrons. The van der Waals surface area contributed by atoms with E-state index < -0.39 is 17.8 Å². The molecule has 1 aromatic rings. The van der Waals surface area contributed by atoms with Crippen LogP contribution in [0.3, 0.4) is 0 Å². The number of carboxylic acids is 1. The third-order valence-electron chi connectivity index (χ3n) is 4.94. The normalized spacial score (nSPS) is 28.6. The second kappa shape index (κ2) is 6.75. The zero-order valence-corrected chi connectivity index (χ0v) is 13.5. The van der Waals surface area contributed by atoms with Gasteiger partial charge in [0.05, 0.1) is 11.8 Å². The van der Waals surface area contributed by atoms with Crippen LogP contribution in [-0.2, 0) is 16.0 Å². The number of nitrogens with one attached hydrogen (secondary N) is 1. The van der Waals surface area contributed by atoms with Gasteiger partial charge in [-0.3, -0.25) is 9.59 Å². The Labute approximate surface area is 140 Å². The lowest BCUT2D eigenvalue weighted by Gasteiger charge is -2.41. The van der Waals surface area contributed by atoms with Crippen LogP contribution >= 0.6 is 11.6 Å². The number of benzene rings is 1. The van der Waals surface area contributed by atoms with Crippen molar-refractivity contribution in [2.75, 3.05) is 6.54 Å². The van der Waals surface area contributed by atoms with Crippen molar-refractivity contribution in [3.63, 3.8) is 0 Å². The summed E-state index contributed by atoms with van der Waals surface area (Å²) in [6.45, 7) is 0.489. The van der Waals surface area contributed by atoms with E-state index in [4.69, 9.17) is 11.6 Å². The Morgan fingerprint density at radius 2 is 1.87 bits per heavy atom. The lowest BCUT2D eigenvalue weighted by Crippen LogP contribution is -2.49. The summed E-state index contributed by atoms with van der Waals surface area (Å²) in [7, 11) is 0. The molecule has 0 radical (unpaired) electrons. The van der Waals surface area contributed by atoms with E-state index in [2.05, 4.69) is 5.32 Å². The van der Waals surface area contributed by atoms with Crippen molar-refractivity contribution in [2.45, 2.75) is 19.3 Å². The molecule has 1 fully saturated rings. The first-order valence-corrected chi connectivity index (χ1v) is 8.37. The van der Waals surface area contributed by atoms with E-state index >= 15 is 0 Å². The lowest BCUT2D eigenvalue weighted by atomic mass is 9.62. The van der Waals surface area contributed by atoms with Crippen molar-refractivity contribution < 1.29 is 14.7 Å². The Morgan fingerprint density at radius 1 is 1.17 bits per heavy atom. The molecule has 0 saturated heterocycles. The lowest BCUT2D eigenvalue weighted by molar-refractivity contribution is -0.152. The van der Waals surface area contributed by atoms with Crippen LogP contribution in [0.1, 0.15) is 18.4 Å². The standard InChI is InChI=1S/C18H20ClNO3/c19-14-3-1-2-11(10-14)8-9-20-17(21)15-12-4-6-13(7-5-12)16(15)18(22)23/h1-4,6,10,12-13,15-16H,5,7-9H2,(H,20,21)(H,22,23)/t12-,13-,15-,16+/m1/s1. The highest BCUT2D eigenvalue weighted by Gasteiger charge is 2.47. The Hall–Kier alpha value is -1.81. The number of halogens is 1. The molecule has 0 spiro atoms. The molecule has 1 aromatic carbocycles. The number of allylic oxidation sites excluding steroid dienone is 2. The minimum atomic E-state index is -0.862. The van der Waals surface area contributed by atoms with Crippen molar-refractivity contribution in [1.29, 1.82) is 0 Å². The summed E-state index contributed by atoms with van der Waals surface area (Å²) in [6.07, 6.45) is 6.44. The van der Waals surface area contributed by atoms with Gasteiger partial charge < -0.3 is 10.4 Å². The number of aliphatic carboxylic acids is 1. The quantitative estimate of drug-likeness (QED) is 0.814. The van der Waals surface area contributed by atoms with Gasteiger partial charge in [-0.1, -0.05) is 35.9 Å². The highest BCUT2D eigenvalue weighted by molar-refractivity contribution is 6.30. The van der Waals surface area contributed by atoms with Gasteiger partial charge in [-0.2, -0.15) is 0 Å². The van der Waals surface area contributed by atoms with Crippen LogP contribution in [0, 0.1) is 23.7 Å². The Morgan fingerprint density at radius 3 is 2.48 bits per heavy atom. The SMILES string of the molecule is O=C(O)[C@@H]1[C@H](C(=O)NCCc2cccc(Cl)c2)[C@@H]2C=C[C@@H]1CC2. The summed E-state index contributed by atoms with van der Waals surface area (Å²) in [5.41, 5.74) is 1.05. The van der Waals surface area contributed by atoms with Crippen LogP contribution in [0.4, 0.5) is 0 Å². The zero-order valence-electron chi connectivity index (χ0n) is 12.7. The molecule has 0 aliphatic heterocycles. The molecule has 2 N–H and O–H groups in total. The van der Waals surface area contributed by atoms with Crippen LogP contribution < -0.4 is 5.32 Å². The monoisotopic (exact) mass is 333 g/mol. The maximum absolute atomic E-state index is 12.5. The molecule has 0 heterocycles. The van der Waals surface area contributed by atoms with Crippen LogP contribution in [0.25, 0.3) is 0 Å². The number of amides is 1. The van der Waals surface area contributed by atoms with E-state index in [0.717, 1.165) is 18.4 Å². The first kappa shape index (κ1) is 16.1. The molecule has 1 saturated carbocycles. The second-order valence-corrected chi connectivity index (χ2v) is 6.79. The van der Waals surface area contributed by atoms with Gasteiger partial charge in [0.25, 0.3) is 0 Å². The number of carbonyl (C=O) groups excluding carboxylic acids is 1. The topological polar surface area (TPSA) is 66.4 Å². The molecule has 0 aromatic heterocycles. The maximum atomic E-state index is 12.5. The van der Waals surface area contributed by atoms with Gasteiger partial charge in [0.2, 0.25) is 5.91 Å². The predicted octanol–water partition coefficient (Wildman–Crippen LogP) is 2.91. The van der Waals surface area contributed by atoms with E-state index in [9.17, 15) is 14.7 Å². The summed E-state index contributed by atoms with van der Waals surface area (Å²) in [6, 6.07) is 7.53. The minimum Gasteiger partial charge on any atom is -0.481 e. The molecular formula is C18H20ClNO3. The molecule has 1 amide bonds. The molecule has 4 nitrogen and oxygen atoms in total. The highest BCUT2D eigenvalue weighted by Crippen LogP contribution is 2.45. The van der Waals surface area contributed by atoms with Crippen molar-refractivity contribution in [3.8, 4) is 0 Å². The van der Waals surface area contributed by atoms with Crippen molar-refractivity contribution >= 4 is 23.5 Å². The highest BCUT2D eigenvalue weighted by atomic mass is 35.5. The second-order valence-electron chi connectivity index (χ2n) is 6.35. The van der Waals surface area contributed by atoms with E-state index in [1.165, 1.54) is 0 Å².